The van der Waals surface area contributed by atoms with Gasteiger partial charge in [-0.15, -0.1) is 0 Å². The van der Waals surface area contributed by atoms with Crippen molar-refractivity contribution in [3.8, 4) is 11.4 Å². The minimum Gasteiger partial charge on any atom is -0.343 e. The molecule has 3 rings (SSSR count). The van der Waals surface area contributed by atoms with Gasteiger partial charge in [0.1, 0.15) is 6.33 Å². The summed E-state index contributed by atoms with van der Waals surface area (Å²) in [4.78, 5) is 22.1. The zero-order valence-electron chi connectivity index (χ0n) is 12.1. The summed E-state index contributed by atoms with van der Waals surface area (Å²) < 4.78 is 0. The van der Waals surface area contributed by atoms with Crippen LogP contribution in [0.2, 0.25) is 0 Å². The maximum absolute atomic E-state index is 11.5. The number of aromatic nitrogens is 4. The van der Waals surface area contributed by atoms with E-state index in [2.05, 4.69) is 20.2 Å². The molecule has 0 aliphatic carbocycles. The number of carbonyl (C=O) groups excluding carboxylic acids is 1. The van der Waals surface area contributed by atoms with Crippen LogP contribution in [0.5, 0.6) is 0 Å². The molecule has 1 aliphatic rings. The van der Waals surface area contributed by atoms with Crippen molar-refractivity contribution in [3.05, 3.63) is 30.4 Å². The van der Waals surface area contributed by atoms with Crippen molar-refractivity contribution in [2.45, 2.75) is 26.2 Å². The van der Waals surface area contributed by atoms with Crippen LogP contribution in [-0.2, 0) is 11.2 Å². The number of hydrogen-bond donors (Lipinski definition) is 1. The molecule has 6 heteroatoms. The van der Waals surface area contributed by atoms with E-state index in [1.807, 2.05) is 17.0 Å². The minimum absolute atomic E-state index is 0.167. The van der Waals surface area contributed by atoms with Crippen LogP contribution in [-0.4, -0.2) is 44.1 Å². The van der Waals surface area contributed by atoms with E-state index in [9.17, 15) is 4.79 Å². The molecule has 1 amide bonds. The number of rotatable bonds is 3. The molecule has 21 heavy (non-hydrogen) atoms. The summed E-state index contributed by atoms with van der Waals surface area (Å²) in [5.74, 6) is 0.646. The summed E-state index contributed by atoms with van der Waals surface area (Å²) in [5.41, 5.74) is 2.77. The van der Waals surface area contributed by atoms with Crippen LogP contribution >= 0.6 is 0 Å². The lowest BCUT2D eigenvalue weighted by atomic mass is 9.93. The molecular weight excluding hydrogens is 266 g/mol. The minimum atomic E-state index is 0.167. The fourth-order valence-corrected chi connectivity index (χ4v) is 2.87. The second kappa shape index (κ2) is 6.03. The van der Waals surface area contributed by atoms with Gasteiger partial charge in [-0.25, -0.2) is 9.97 Å². The van der Waals surface area contributed by atoms with Crippen LogP contribution in [0.15, 0.2) is 24.7 Å². The van der Waals surface area contributed by atoms with Crippen molar-refractivity contribution in [2.75, 3.05) is 13.1 Å². The van der Waals surface area contributed by atoms with Crippen LogP contribution < -0.4 is 0 Å². The Morgan fingerprint density at radius 3 is 3.14 bits per heavy atom. The molecule has 0 saturated carbocycles. The Bertz CT molecular complexity index is 610. The topological polar surface area (TPSA) is 74.8 Å². The van der Waals surface area contributed by atoms with Crippen LogP contribution in [0.25, 0.3) is 11.4 Å². The van der Waals surface area contributed by atoms with Gasteiger partial charge < -0.3 is 4.90 Å². The van der Waals surface area contributed by atoms with E-state index in [1.54, 1.807) is 19.4 Å². The molecular formula is C15H19N5O. The Kier molecular flexibility index (Phi) is 3.94. The molecule has 0 aromatic carbocycles. The number of carbonyl (C=O) groups is 1. The van der Waals surface area contributed by atoms with E-state index in [1.165, 1.54) is 0 Å². The Hall–Kier alpha value is -2.24. The van der Waals surface area contributed by atoms with Gasteiger partial charge in [-0.2, -0.15) is 5.10 Å². The fourth-order valence-electron chi connectivity index (χ4n) is 2.87. The van der Waals surface area contributed by atoms with Gasteiger partial charge >= 0.3 is 0 Å². The summed E-state index contributed by atoms with van der Waals surface area (Å²) in [6.45, 7) is 3.36. The van der Waals surface area contributed by atoms with Gasteiger partial charge in [0, 0.05) is 31.9 Å². The van der Waals surface area contributed by atoms with Gasteiger partial charge in [0.2, 0.25) is 5.91 Å². The molecule has 0 bridgehead atoms. The first-order valence-electron chi connectivity index (χ1n) is 7.28. The van der Waals surface area contributed by atoms with Gasteiger partial charge in [0.25, 0.3) is 0 Å². The third-order valence-corrected chi connectivity index (χ3v) is 3.96. The summed E-state index contributed by atoms with van der Waals surface area (Å²) in [5, 5.41) is 6.86. The maximum Gasteiger partial charge on any atom is 0.219 e. The molecule has 1 fully saturated rings. The number of nitrogens with zero attached hydrogens (tertiary/aromatic N) is 4. The monoisotopic (exact) mass is 285 g/mol. The highest BCUT2D eigenvalue weighted by Gasteiger charge is 2.22. The number of piperidine rings is 1. The molecule has 6 nitrogen and oxygen atoms in total. The quantitative estimate of drug-likeness (QED) is 0.930. The Balaban J connectivity index is 1.70. The second-order valence-corrected chi connectivity index (χ2v) is 5.54. The number of hydrogen-bond acceptors (Lipinski definition) is 4. The lowest BCUT2D eigenvalue weighted by Crippen LogP contribution is -2.39. The second-order valence-electron chi connectivity index (χ2n) is 5.54. The first kappa shape index (κ1) is 13.7. The number of H-pyrrole nitrogens is 1. The van der Waals surface area contributed by atoms with Gasteiger partial charge in [-0.1, -0.05) is 0 Å². The van der Waals surface area contributed by atoms with Gasteiger partial charge in [-0.3, -0.25) is 9.89 Å². The van der Waals surface area contributed by atoms with E-state index in [4.69, 9.17) is 0 Å². The van der Waals surface area contributed by atoms with E-state index in [0.29, 0.717) is 5.92 Å². The predicted molar refractivity (Wildman–Crippen MR) is 78.3 cm³/mol. The van der Waals surface area contributed by atoms with Crippen LogP contribution in [0.4, 0.5) is 0 Å². The van der Waals surface area contributed by atoms with Crippen LogP contribution in [0.1, 0.15) is 25.5 Å². The Morgan fingerprint density at radius 1 is 1.48 bits per heavy atom. The third-order valence-electron chi connectivity index (χ3n) is 3.96. The van der Waals surface area contributed by atoms with Gasteiger partial charge in [-0.05, 0) is 37.3 Å². The average molecular weight is 285 g/mol. The molecule has 2 aromatic heterocycles. The maximum atomic E-state index is 11.5. The van der Waals surface area contributed by atoms with E-state index < -0.39 is 0 Å². The van der Waals surface area contributed by atoms with Crippen molar-refractivity contribution >= 4 is 5.91 Å². The first-order chi connectivity index (χ1) is 10.2. The largest absolute Gasteiger partial charge is 0.343 e. The summed E-state index contributed by atoms with van der Waals surface area (Å²) in [6, 6.07) is 3.89. The summed E-state index contributed by atoms with van der Waals surface area (Å²) in [6.07, 6.45) is 6.41. The predicted octanol–water partition coefficient (Wildman–Crippen LogP) is 1.67. The van der Waals surface area contributed by atoms with Crippen molar-refractivity contribution < 1.29 is 4.79 Å². The normalized spacial score (nSPS) is 18.7. The number of aromatic amines is 1. The highest BCUT2D eigenvalue weighted by Crippen LogP contribution is 2.21. The zero-order valence-corrected chi connectivity index (χ0v) is 12.1. The first-order valence-corrected chi connectivity index (χ1v) is 7.28. The Labute approximate surface area is 123 Å². The lowest BCUT2D eigenvalue weighted by molar-refractivity contribution is -0.130. The van der Waals surface area contributed by atoms with Crippen LogP contribution in [0.3, 0.4) is 0 Å². The summed E-state index contributed by atoms with van der Waals surface area (Å²) in [7, 11) is 0. The lowest BCUT2D eigenvalue weighted by Gasteiger charge is -2.31. The standard InChI is InChI=1S/C15H19N5O/c1-11(21)20-6-2-3-12(9-20)7-13-8-15(17-10-16-13)14-4-5-18-19-14/h4-5,8,10,12H,2-3,6-7,9H2,1H3,(H,18,19). The number of amides is 1. The highest BCUT2D eigenvalue weighted by molar-refractivity contribution is 5.73. The molecule has 1 unspecified atom stereocenters. The number of likely N-dealkylation sites (tertiary alicyclic amines) is 1. The molecule has 110 valence electrons. The molecule has 1 aliphatic heterocycles. The zero-order chi connectivity index (χ0) is 14.7. The molecule has 0 spiro atoms. The van der Waals surface area contributed by atoms with E-state index in [-0.39, 0.29) is 5.91 Å². The van der Waals surface area contributed by atoms with Crippen molar-refractivity contribution in [3.63, 3.8) is 0 Å². The van der Waals surface area contributed by atoms with E-state index >= 15 is 0 Å². The van der Waals surface area contributed by atoms with E-state index in [0.717, 1.165) is 49.4 Å². The molecule has 1 saturated heterocycles. The molecule has 3 heterocycles. The fraction of sp³-hybridized carbons (Fsp3) is 0.467. The van der Waals surface area contributed by atoms with Crippen molar-refractivity contribution in [1.29, 1.82) is 0 Å². The molecule has 2 aromatic rings. The number of nitrogens with one attached hydrogen (secondary N) is 1. The summed E-state index contributed by atoms with van der Waals surface area (Å²) >= 11 is 0. The van der Waals surface area contributed by atoms with Crippen LogP contribution in [0, 0.1) is 5.92 Å². The molecule has 0 radical (unpaired) electrons. The average Bonchev–Trinajstić information content (AvgIpc) is 3.02. The third kappa shape index (κ3) is 3.26. The van der Waals surface area contributed by atoms with Gasteiger partial charge in [0.05, 0.1) is 11.4 Å². The molecule has 1 N–H and O–H groups in total. The highest BCUT2D eigenvalue weighted by atomic mass is 16.2. The SMILES string of the molecule is CC(=O)N1CCCC(Cc2cc(-c3ccn[nH]3)ncn2)C1. The molecule has 1 atom stereocenters. The van der Waals surface area contributed by atoms with Crippen molar-refractivity contribution in [1.82, 2.24) is 25.1 Å². The van der Waals surface area contributed by atoms with Crippen molar-refractivity contribution in [2.24, 2.45) is 5.92 Å². The Morgan fingerprint density at radius 2 is 2.38 bits per heavy atom. The smallest absolute Gasteiger partial charge is 0.219 e. The van der Waals surface area contributed by atoms with Gasteiger partial charge in [0.15, 0.2) is 0 Å².